The molecule has 2 atom stereocenters. The summed E-state index contributed by atoms with van der Waals surface area (Å²) >= 11 is 5.31. The van der Waals surface area contributed by atoms with Crippen molar-refractivity contribution in [3.8, 4) is 0 Å². The highest BCUT2D eigenvalue weighted by atomic mass is 32.1. The van der Waals surface area contributed by atoms with Crippen LogP contribution >= 0.6 is 12.2 Å². The Morgan fingerprint density at radius 1 is 1.21 bits per heavy atom. The number of hydrogen-bond donors (Lipinski definition) is 3. The molecule has 1 aliphatic carbocycles. The van der Waals surface area contributed by atoms with E-state index in [2.05, 4.69) is 28.1 Å². The molecular weight excluding hydrogens is 374 g/mol. The first-order valence-corrected chi connectivity index (χ1v) is 10.3. The fourth-order valence-electron chi connectivity index (χ4n) is 4.15. The Labute approximate surface area is 168 Å². The van der Waals surface area contributed by atoms with Gasteiger partial charge in [0.2, 0.25) is 0 Å². The molecule has 148 valence electrons. The van der Waals surface area contributed by atoms with E-state index in [0.717, 1.165) is 25.1 Å². The van der Waals surface area contributed by atoms with E-state index in [9.17, 15) is 9.59 Å². The van der Waals surface area contributed by atoms with Crippen molar-refractivity contribution in [2.45, 2.75) is 58.0 Å². The zero-order valence-electron chi connectivity index (χ0n) is 16.0. The Bertz CT molecular complexity index is 986. The molecule has 28 heavy (non-hydrogen) atoms. The number of hydrogen-bond acceptors (Lipinski definition) is 4. The molecule has 0 bridgehead atoms. The molecule has 1 aliphatic heterocycles. The van der Waals surface area contributed by atoms with Crippen molar-refractivity contribution in [1.82, 2.24) is 25.7 Å². The molecule has 0 saturated heterocycles. The lowest BCUT2D eigenvalue weighted by atomic mass is 9.86. The highest BCUT2D eigenvalue weighted by Crippen LogP contribution is 2.23. The van der Waals surface area contributed by atoms with Crippen LogP contribution in [0.5, 0.6) is 0 Å². The van der Waals surface area contributed by atoms with Gasteiger partial charge in [-0.25, -0.2) is 4.98 Å². The summed E-state index contributed by atoms with van der Waals surface area (Å²) in [5, 5.41) is 4.25. The molecule has 2 aromatic rings. The Morgan fingerprint density at radius 2 is 2.04 bits per heavy atom. The highest BCUT2D eigenvalue weighted by Gasteiger charge is 2.22. The number of carbonyl (C=O) groups excluding carboxylic acids is 1. The van der Waals surface area contributed by atoms with Gasteiger partial charge in [0.15, 0.2) is 5.11 Å². The maximum absolute atomic E-state index is 12.5. The van der Waals surface area contributed by atoms with E-state index in [4.69, 9.17) is 12.2 Å². The van der Waals surface area contributed by atoms with Crippen LogP contribution in [-0.4, -0.2) is 26.6 Å². The summed E-state index contributed by atoms with van der Waals surface area (Å²) in [5.74, 6) is 1.04. The number of thiocarbonyl (C=S) groups is 1. The topological polar surface area (TPSA) is 88.0 Å². The average Bonchev–Trinajstić information content (AvgIpc) is 3.16. The van der Waals surface area contributed by atoms with Gasteiger partial charge in [-0.3, -0.25) is 25.0 Å². The molecule has 1 amide bonds. The second kappa shape index (κ2) is 7.87. The standard InChI is InChI=1S/C20H25N5O2S/c1-12-5-2-3-6-15(12)22-20(28)24-23-18(26)13-8-9-14-16(11-13)21-17-7-4-10-25(17)19(14)27/h8-9,11-12,15H,2-7,10H2,1H3,(H,23,26)(H2,22,24,28)/t12-,15-/m0/s1. The second-order valence-corrected chi connectivity index (χ2v) is 8.15. The van der Waals surface area contributed by atoms with Gasteiger partial charge < -0.3 is 5.32 Å². The number of benzene rings is 1. The number of nitrogens with one attached hydrogen (secondary N) is 3. The van der Waals surface area contributed by atoms with Gasteiger partial charge >= 0.3 is 0 Å². The molecule has 1 saturated carbocycles. The van der Waals surface area contributed by atoms with E-state index in [1.54, 1.807) is 22.8 Å². The molecule has 8 heteroatoms. The van der Waals surface area contributed by atoms with Crippen molar-refractivity contribution in [2.24, 2.45) is 5.92 Å². The molecule has 2 aliphatic rings. The minimum absolute atomic E-state index is 0.0328. The minimum Gasteiger partial charge on any atom is -0.358 e. The first kappa shape index (κ1) is 18.9. The summed E-state index contributed by atoms with van der Waals surface area (Å²) in [6, 6.07) is 5.31. The SMILES string of the molecule is C[C@H]1CCCC[C@@H]1NC(=S)NNC(=O)c1ccc2c(=O)n3c(nc2c1)CCC3. The van der Waals surface area contributed by atoms with Crippen molar-refractivity contribution < 1.29 is 4.79 Å². The second-order valence-electron chi connectivity index (χ2n) is 7.74. The smallest absolute Gasteiger partial charge is 0.269 e. The number of aromatic nitrogens is 2. The summed E-state index contributed by atoms with van der Waals surface area (Å²) in [4.78, 5) is 29.6. The van der Waals surface area contributed by atoms with Crippen molar-refractivity contribution in [3.63, 3.8) is 0 Å². The van der Waals surface area contributed by atoms with Gasteiger partial charge in [-0.05, 0) is 55.6 Å². The third-order valence-electron chi connectivity index (χ3n) is 5.80. The maximum atomic E-state index is 12.5. The Hall–Kier alpha value is -2.48. The van der Waals surface area contributed by atoms with E-state index in [-0.39, 0.29) is 11.5 Å². The quantitative estimate of drug-likeness (QED) is 0.529. The Kier molecular flexibility index (Phi) is 5.30. The van der Waals surface area contributed by atoms with Crippen LogP contribution in [0.1, 0.15) is 55.2 Å². The largest absolute Gasteiger partial charge is 0.358 e. The lowest BCUT2D eigenvalue weighted by Crippen LogP contribution is -2.51. The first-order chi connectivity index (χ1) is 13.5. The highest BCUT2D eigenvalue weighted by molar-refractivity contribution is 7.80. The summed E-state index contributed by atoms with van der Waals surface area (Å²) in [6.45, 7) is 2.94. The molecule has 3 N–H and O–H groups in total. The molecule has 2 heterocycles. The number of carbonyl (C=O) groups is 1. The third kappa shape index (κ3) is 3.73. The maximum Gasteiger partial charge on any atom is 0.269 e. The Balaban J connectivity index is 1.42. The van der Waals surface area contributed by atoms with Crippen LogP contribution in [0.25, 0.3) is 10.9 Å². The fraction of sp³-hybridized carbons (Fsp3) is 0.500. The zero-order valence-corrected chi connectivity index (χ0v) is 16.8. The van der Waals surface area contributed by atoms with Crippen LogP contribution in [0, 0.1) is 5.92 Å². The molecule has 4 rings (SSSR count). The summed E-state index contributed by atoms with van der Waals surface area (Å²) < 4.78 is 1.72. The number of hydrazine groups is 1. The van der Waals surface area contributed by atoms with Crippen LogP contribution in [0.2, 0.25) is 0 Å². The van der Waals surface area contributed by atoms with E-state index in [1.807, 2.05) is 0 Å². The normalized spacial score (nSPS) is 21.2. The zero-order chi connectivity index (χ0) is 19.7. The van der Waals surface area contributed by atoms with Crippen molar-refractivity contribution in [3.05, 3.63) is 39.9 Å². The number of aryl methyl sites for hydroxylation is 1. The number of rotatable bonds is 2. The van der Waals surface area contributed by atoms with Crippen LogP contribution in [0.4, 0.5) is 0 Å². The molecule has 1 aromatic carbocycles. The number of nitrogens with zero attached hydrogens (tertiary/aromatic N) is 2. The molecule has 1 aromatic heterocycles. The first-order valence-electron chi connectivity index (χ1n) is 9.93. The van der Waals surface area contributed by atoms with E-state index >= 15 is 0 Å². The average molecular weight is 400 g/mol. The van der Waals surface area contributed by atoms with Crippen LogP contribution in [0.15, 0.2) is 23.0 Å². The molecule has 0 spiro atoms. The van der Waals surface area contributed by atoms with Crippen molar-refractivity contribution in [1.29, 1.82) is 0 Å². The van der Waals surface area contributed by atoms with E-state index < -0.39 is 0 Å². The van der Waals surface area contributed by atoms with Crippen LogP contribution in [-0.2, 0) is 13.0 Å². The lowest BCUT2D eigenvalue weighted by Gasteiger charge is -2.30. The Morgan fingerprint density at radius 3 is 2.86 bits per heavy atom. The predicted molar refractivity (Wildman–Crippen MR) is 112 cm³/mol. The summed E-state index contributed by atoms with van der Waals surface area (Å²) in [7, 11) is 0. The van der Waals surface area contributed by atoms with Gasteiger partial charge in [0, 0.05) is 24.6 Å². The van der Waals surface area contributed by atoms with E-state index in [0.29, 0.717) is 40.1 Å². The van der Waals surface area contributed by atoms with Gasteiger partial charge in [-0.1, -0.05) is 19.8 Å². The molecule has 0 radical (unpaired) electrons. The summed E-state index contributed by atoms with van der Waals surface area (Å²) in [6.07, 6.45) is 6.47. The van der Waals surface area contributed by atoms with Crippen molar-refractivity contribution >= 4 is 34.1 Å². The van der Waals surface area contributed by atoms with E-state index in [1.165, 1.54) is 19.3 Å². The van der Waals surface area contributed by atoms with Crippen LogP contribution < -0.4 is 21.7 Å². The van der Waals surface area contributed by atoms with Crippen LogP contribution in [0.3, 0.4) is 0 Å². The van der Waals surface area contributed by atoms with Gasteiger partial charge in [-0.2, -0.15) is 0 Å². The predicted octanol–water partition coefficient (Wildman–Crippen LogP) is 2.03. The monoisotopic (exact) mass is 399 g/mol. The summed E-state index contributed by atoms with van der Waals surface area (Å²) in [5.41, 5.74) is 6.37. The molecule has 0 unspecified atom stereocenters. The van der Waals surface area contributed by atoms with Gasteiger partial charge in [-0.15, -0.1) is 0 Å². The molecule has 1 fully saturated rings. The van der Waals surface area contributed by atoms with Gasteiger partial charge in [0.05, 0.1) is 10.9 Å². The fourth-order valence-corrected chi connectivity index (χ4v) is 4.35. The third-order valence-corrected chi connectivity index (χ3v) is 6.02. The van der Waals surface area contributed by atoms with Gasteiger partial charge in [0.1, 0.15) is 5.82 Å². The number of amides is 1. The molecule has 7 nitrogen and oxygen atoms in total. The van der Waals surface area contributed by atoms with Gasteiger partial charge in [0.25, 0.3) is 11.5 Å². The minimum atomic E-state index is -0.315. The number of fused-ring (bicyclic) bond motifs is 2. The molecular formula is C20H25N5O2S. The lowest BCUT2D eigenvalue weighted by molar-refractivity contribution is 0.0943. The van der Waals surface area contributed by atoms with Crippen molar-refractivity contribution in [2.75, 3.05) is 0 Å².